The minimum Gasteiger partial charge on any atom is -0.445 e. The molecule has 122 valence electrons. The summed E-state index contributed by atoms with van der Waals surface area (Å²) in [5, 5.41) is 11.8. The van der Waals surface area contributed by atoms with Crippen LogP contribution in [0.4, 0.5) is 4.79 Å². The highest BCUT2D eigenvalue weighted by molar-refractivity contribution is 5.77. The zero-order valence-corrected chi connectivity index (χ0v) is 13.1. The summed E-state index contributed by atoms with van der Waals surface area (Å²) in [5.41, 5.74) is 0.873. The molecule has 1 rings (SSSR count). The van der Waals surface area contributed by atoms with Gasteiger partial charge in [0, 0.05) is 19.5 Å². The molecule has 1 atom stereocenters. The summed E-state index contributed by atoms with van der Waals surface area (Å²) in [4.78, 5) is 25.3. The van der Waals surface area contributed by atoms with Crippen LogP contribution in [-0.2, 0) is 16.1 Å². The highest BCUT2D eigenvalue weighted by Gasteiger charge is 2.19. The van der Waals surface area contributed by atoms with Gasteiger partial charge in [-0.15, -0.1) is 0 Å². The summed E-state index contributed by atoms with van der Waals surface area (Å²) >= 11 is 0. The number of alkyl carbamates (subject to hydrolysis) is 1. The molecule has 0 aliphatic heterocycles. The van der Waals surface area contributed by atoms with E-state index in [0.29, 0.717) is 13.1 Å². The smallest absolute Gasteiger partial charge is 0.407 e. The molecule has 0 bridgehead atoms. The van der Waals surface area contributed by atoms with Gasteiger partial charge in [0.2, 0.25) is 5.91 Å². The second kappa shape index (κ2) is 9.78. The average Bonchev–Trinajstić information content (AvgIpc) is 2.54. The predicted molar refractivity (Wildman–Crippen MR) is 83.2 cm³/mol. The van der Waals surface area contributed by atoms with Crippen LogP contribution in [0.15, 0.2) is 30.3 Å². The van der Waals surface area contributed by atoms with E-state index in [-0.39, 0.29) is 25.5 Å². The molecule has 0 aliphatic carbocycles. The highest BCUT2D eigenvalue weighted by atomic mass is 16.5. The van der Waals surface area contributed by atoms with Crippen molar-refractivity contribution in [2.75, 3.05) is 19.7 Å². The second-order valence-corrected chi connectivity index (χ2v) is 4.86. The molecule has 0 spiro atoms. The maximum Gasteiger partial charge on any atom is 0.407 e. The molecule has 1 aromatic rings. The van der Waals surface area contributed by atoms with Gasteiger partial charge < -0.3 is 20.1 Å². The Hall–Kier alpha value is -2.08. The van der Waals surface area contributed by atoms with Crippen molar-refractivity contribution in [2.24, 2.45) is 0 Å². The molecule has 6 heteroatoms. The Kier molecular flexibility index (Phi) is 7.99. The topological polar surface area (TPSA) is 78.9 Å². The van der Waals surface area contributed by atoms with Crippen molar-refractivity contribution in [1.82, 2.24) is 10.2 Å². The number of carbonyl (C=O) groups excluding carboxylic acids is 2. The van der Waals surface area contributed by atoms with Crippen LogP contribution >= 0.6 is 0 Å². The lowest BCUT2D eigenvalue weighted by molar-refractivity contribution is -0.131. The molecule has 0 aromatic heterocycles. The van der Waals surface area contributed by atoms with Crippen LogP contribution in [0.3, 0.4) is 0 Å². The van der Waals surface area contributed by atoms with Crippen LogP contribution in [0.5, 0.6) is 0 Å². The Morgan fingerprint density at radius 2 is 1.86 bits per heavy atom. The van der Waals surface area contributed by atoms with Gasteiger partial charge in [0.25, 0.3) is 0 Å². The van der Waals surface area contributed by atoms with Crippen LogP contribution in [0.1, 0.15) is 25.8 Å². The Morgan fingerprint density at radius 1 is 1.23 bits per heavy atom. The van der Waals surface area contributed by atoms with Crippen LogP contribution in [0, 0.1) is 0 Å². The van der Waals surface area contributed by atoms with Gasteiger partial charge in [-0.05, 0) is 19.4 Å². The monoisotopic (exact) mass is 308 g/mol. The Labute approximate surface area is 131 Å². The molecule has 2 N–H and O–H groups in total. The zero-order valence-electron chi connectivity index (χ0n) is 13.1. The molecule has 1 aromatic carbocycles. The van der Waals surface area contributed by atoms with Gasteiger partial charge >= 0.3 is 6.09 Å². The number of aliphatic hydroxyl groups is 1. The van der Waals surface area contributed by atoms with Crippen LogP contribution in [-0.4, -0.2) is 47.7 Å². The molecule has 0 aliphatic rings. The zero-order chi connectivity index (χ0) is 16.4. The standard InChI is InChI=1S/C16H24N2O4/c1-3-18(4-2)15(20)10-14(11-19)17-16(21)22-12-13-8-6-5-7-9-13/h5-9,14,19H,3-4,10-12H2,1-2H3,(H,17,21)/t14-/m1/s1. The summed E-state index contributed by atoms with van der Waals surface area (Å²) < 4.78 is 5.07. The third kappa shape index (κ3) is 6.13. The fourth-order valence-corrected chi connectivity index (χ4v) is 2.01. The van der Waals surface area contributed by atoms with E-state index in [1.165, 1.54) is 0 Å². The number of hydrogen-bond acceptors (Lipinski definition) is 4. The molecule has 0 unspecified atom stereocenters. The number of amides is 2. The molecule has 2 amide bonds. The van der Waals surface area contributed by atoms with E-state index < -0.39 is 12.1 Å². The highest BCUT2D eigenvalue weighted by Crippen LogP contribution is 2.02. The second-order valence-electron chi connectivity index (χ2n) is 4.86. The summed E-state index contributed by atoms with van der Waals surface area (Å²) in [7, 11) is 0. The molecule has 0 saturated carbocycles. The Morgan fingerprint density at radius 3 is 2.41 bits per heavy atom. The number of carbonyl (C=O) groups is 2. The molecule has 0 radical (unpaired) electrons. The Bertz CT molecular complexity index is 460. The van der Waals surface area contributed by atoms with E-state index in [1.54, 1.807) is 4.90 Å². The quantitative estimate of drug-likeness (QED) is 0.763. The number of aliphatic hydroxyl groups excluding tert-OH is 1. The van der Waals surface area contributed by atoms with Crippen molar-refractivity contribution in [3.05, 3.63) is 35.9 Å². The normalized spacial score (nSPS) is 11.6. The first kappa shape index (κ1) is 18.0. The molecular formula is C16H24N2O4. The number of hydrogen-bond donors (Lipinski definition) is 2. The third-order valence-corrected chi connectivity index (χ3v) is 3.29. The lowest BCUT2D eigenvalue weighted by atomic mass is 10.2. The van der Waals surface area contributed by atoms with Crippen LogP contribution < -0.4 is 5.32 Å². The minimum atomic E-state index is -0.643. The van der Waals surface area contributed by atoms with E-state index in [4.69, 9.17) is 4.74 Å². The molecular weight excluding hydrogens is 284 g/mol. The van der Waals surface area contributed by atoms with Gasteiger partial charge in [-0.1, -0.05) is 30.3 Å². The van der Waals surface area contributed by atoms with Crippen molar-refractivity contribution in [3.8, 4) is 0 Å². The number of nitrogens with zero attached hydrogens (tertiary/aromatic N) is 1. The van der Waals surface area contributed by atoms with Gasteiger partial charge in [-0.25, -0.2) is 4.79 Å². The van der Waals surface area contributed by atoms with Crippen molar-refractivity contribution in [1.29, 1.82) is 0 Å². The first-order chi connectivity index (χ1) is 10.6. The minimum absolute atomic E-state index is 0.0542. The molecule has 0 fully saturated rings. The van der Waals surface area contributed by atoms with E-state index in [2.05, 4.69) is 5.32 Å². The van der Waals surface area contributed by atoms with Crippen molar-refractivity contribution >= 4 is 12.0 Å². The van der Waals surface area contributed by atoms with Crippen LogP contribution in [0.2, 0.25) is 0 Å². The maximum atomic E-state index is 12.0. The van der Waals surface area contributed by atoms with Gasteiger partial charge in [0.15, 0.2) is 0 Å². The fourth-order valence-electron chi connectivity index (χ4n) is 2.01. The summed E-state index contributed by atoms with van der Waals surface area (Å²) in [6, 6.07) is 8.65. The summed E-state index contributed by atoms with van der Waals surface area (Å²) in [6.45, 7) is 4.81. The Balaban J connectivity index is 2.41. The number of ether oxygens (including phenoxy) is 1. The third-order valence-electron chi connectivity index (χ3n) is 3.29. The van der Waals surface area contributed by atoms with Gasteiger partial charge in [0.1, 0.15) is 6.61 Å². The van der Waals surface area contributed by atoms with Crippen molar-refractivity contribution in [3.63, 3.8) is 0 Å². The number of rotatable bonds is 8. The largest absolute Gasteiger partial charge is 0.445 e. The molecule has 22 heavy (non-hydrogen) atoms. The van der Waals surface area contributed by atoms with Crippen molar-refractivity contribution < 1.29 is 19.4 Å². The number of benzene rings is 1. The predicted octanol–water partition coefficient (Wildman–Crippen LogP) is 1.53. The molecule has 0 saturated heterocycles. The van der Waals surface area contributed by atoms with E-state index >= 15 is 0 Å². The van der Waals surface area contributed by atoms with Gasteiger partial charge in [-0.3, -0.25) is 4.79 Å². The first-order valence-corrected chi connectivity index (χ1v) is 7.46. The summed E-state index contributed by atoms with van der Waals surface area (Å²) in [5.74, 6) is -0.104. The van der Waals surface area contributed by atoms with E-state index in [1.807, 2.05) is 44.2 Å². The molecule has 6 nitrogen and oxygen atoms in total. The van der Waals surface area contributed by atoms with E-state index in [9.17, 15) is 14.7 Å². The van der Waals surface area contributed by atoms with Crippen molar-refractivity contribution in [2.45, 2.75) is 32.9 Å². The lowest BCUT2D eigenvalue weighted by Crippen LogP contribution is -2.42. The summed E-state index contributed by atoms with van der Waals surface area (Å²) in [6.07, 6.45) is -0.589. The average molecular weight is 308 g/mol. The maximum absolute atomic E-state index is 12.0. The first-order valence-electron chi connectivity index (χ1n) is 7.46. The molecule has 0 heterocycles. The number of nitrogens with one attached hydrogen (secondary N) is 1. The van der Waals surface area contributed by atoms with Gasteiger partial charge in [-0.2, -0.15) is 0 Å². The fraction of sp³-hybridized carbons (Fsp3) is 0.500. The lowest BCUT2D eigenvalue weighted by Gasteiger charge is -2.22. The van der Waals surface area contributed by atoms with Crippen LogP contribution in [0.25, 0.3) is 0 Å². The van der Waals surface area contributed by atoms with E-state index in [0.717, 1.165) is 5.56 Å². The van der Waals surface area contributed by atoms with Gasteiger partial charge in [0.05, 0.1) is 12.6 Å². The SMILES string of the molecule is CCN(CC)C(=O)C[C@H](CO)NC(=O)OCc1ccccc1.